The summed E-state index contributed by atoms with van der Waals surface area (Å²) >= 11 is 1.50. The number of thiazole rings is 1. The first-order valence-corrected chi connectivity index (χ1v) is 15.1. The molecule has 1 atom stereocenters. The molecule has 0 radical (unpaired) electrons. The maximum Gasteiger partial charge on any atom is 0.251 e. The second-order valence-corrected chi connectivity index (χ2v) is 12.7. The molecule has 9 nitrogen and oxygen atoms in total. The number of nitrogens with one attached hydrogen (secondary N) is 1. The molecule has 0 bridgehead atoms. The van der Waals surface area contributed by atoms with Gasteiger partial charge >= 0.3 is 0 Å². The van der Waals surface area contributed by atoms with Gasteiger partial charge in [-0.2, -0.15) is 4.31 Å². The van der Waals surface area contributed by atoms with Gasteiger partial charge in [-0.05, 0) is 49.2 Å². The van der Waals surface area contributed by atoms with Crippen LogP contribution >= 0.6 is 11.3 Å². The highest BCUT2D eigenvalue weighted by molar-refractivity contribution is 7.89. The van der Waals surface area contributed by atoms with Crippen LogP contribution in [0.2, 0.25) is 0 Å². The Morgan fingerprint density at radius 2 is 1.95 bits per heavy atom. The Morgan fingerprint density at radius 3 is 2.63 bits per heavy atom. The smallest absolute Gasteiger partial charge is 0.251 e. The Kier molecular flexibility index (Phi) is 8.24. The third kappa shape index (κ3) is 5.99. The van der Waals surface area contributed by atoms with E-state index in [0.29, 0.717) is 37.3 Å². The number of carbonyl (C=O) groups is 1. The lowest BCUT2D eigenvalue weighted by Crippen LogP contribution is -2.48. The third-order valence-electron chi connectivity index (χ3n) is 7.02. The van der Waals surface area contributed by atoms with E-state index in [-0.39, 0.29) is 22.7 Å². The van der Waals surface area contributed by atoms with Crippen LogP contribution in [0.3, 0.4) is 0 Å². The number of para-hydroxylation sites is 1. The van der Waals surface area contributed by atoms with Gasteiger partial charge in [0.15, 0.2) is 5.13 Å². The first-order valence-electron chi connectivity index (χ1n) is 12.8. The summed E-state index contributed by atoms with van der Waals surface area (Å²) in [6.45, 7) is 5.38. The van der Waals surface area contributed by atoms with E-state index in [0.717, 1.165) is 48.9 Å². The van der Waals surface area contributed by atoms with E-state index in [1.54, 1.807) is 25.2 Å². The van der Waals surface area contributed by atoms with Gasteiger partial charge in [-0.1, -0.05) is 17.4 Å². The maximum atomic E-state index is 14.0. The number of rotatable bonds is 9. The van der Waals surface area contributed by atoms with Gasteiger partial charge in [-0.3, -0.25) is 9.69 Å². The number of halogens is 1. The van der Waals surface area contributed by atoms with Crippen LogP contribution in [0.25, 0.3) is 10.2 Å². The summed E-state index contributed by atoms with van der Waals surface area (Å²) in [6, 6.07) is 11.1. The molecule has 1 aromatic heterocycles. The fraction of sp³-hybridized carbons (Fsp3) is 0.462. The summed E-state index contributed by atoms with van der Waals surface area (Å²) in [5.74, 6) is -0.533. The summed E-state index contributed by atoms with van der Waals surface area (Å²) in [5, 5.41) is 3.75. The number of piperazine rings is 1. The molecule has 2 aliphatic rings. The van der Waals surface area contributed by atoms with E-state index in [4.69, 9.17) is 4.74 Å². The van der Waals surface area contributed by atoms with Crippen molar-refractivity contribution in [3.05, 3.63) is 53.8 Å². The number of anilines is 1. The largest absolute Gasteiger partial charge is 0.377 e. The monoisotopic (exact) mass is 561 g/mol. The number of likely N-dealkylation sites (N-methyl/N-ethyl adjacent to an activating group) is 1. The Labute approximate surface area is 226 Å². The number of nitrogens with zero attached hydrogens (tertiary/aromatic N) is 4. The average Bonchev–Trinajstić information content (AvgIpc) is 3.60. The molecule has 3 aromatic rings. The molecule has 3 heterocycles. The SMILES string of the molecule is CN(CC1CCCO1)S(=O)(=O)c1ccc(C(=O)NCCN2CCN(c3nc4c(F)cccc4s3)CC2)cc1. The molecule has 0 spiro atoms. The predicted octanol–water partition coefficient (Wildman–Crippen LogP) is 2.79. The summed E-state index contributed by atoms with van der Waals surface area (Å²) in [5.41, 5.74) is 0.840. The highest BCUT2D eigenvalue weighted by Gasteiger charge is 2.26. The molecule has 38 heavy (non-hydrogen) atoms. The van der Waals surface area contributed by atoms with Gasteiger partial charge in [-0.25, -0.2) is 17.8 Å². The molecule has 1 N–H and O–H groups in total. The van der Waals surface area contributed by atoms with Gasteiger partial charge in [0.25, 0.3) is 5.91 Å². The quantitative estimate of drug-likeness (QED) is 0.429. The van der Waals surface area contributed by atoms with E-state index in [1.807, 2.05) is 6.07 Å². The first-order chi connectivity index (χ1) is 18.3. The van der Waals surface area contributed by atoms with E-state index in [9.17, 15) is 17.6 Å². The van der Waals surface area contributed by atoms with Crippen molar-refractivity contribution in [2.24, 2.45) is 0 Å². The second-order valence-electron chi connectivity index (χ2n) is 9.61. The Hall–Kier alpha value is -2.64. The van der Waals surface area contributed by atoms with E-state index < -0.39 is 10.0 Å². The number of aromatic nitrogens is 1. The maximum absolute atomic E-state index is 14.0. The molecule has 2 saturated heterocycles. The van der Waals surface area contributed by atoms with Crippen LogP contribution in [0.4, 0.5) is 9.52 Å². The minimum absolute atomic E-state index is 0.0696. The van der Waals surface area contributed by atoms with Crippen molar-refractivity contribution in [2.75, 3.05) is 64.4 Å². The summed E-state index contributed by atoms with van der Waals surface area (Å²) in [7, 11) is -2.09. The number of hydrogen-bond donors (Lipinski definition) is 1. The minimum atomic E-state index is -3.65. The molecular weight excluding hydrogens is 529 g/mol. The van der Waals surface area contributed by atoms with Crippen molar-refractivity contribution in [3.8, 4) is 0 Å². The number of ether oxygens (including phenoxy) is 1. The van der Waals surface area contributed by atoms with Crippen LogP contribution < -0.4 is 10.2 Å². The molecule has 0 aliphatic carbocycles. The second kappa shape index (κ2) is 11.6. The lowest BCUT2D eigenvalue weighted by atomic mass is 10.2. The Balaban J connectivity index is 1.07. The van der Waals surface area contributed by atoms with Gasteiger partial charge in [-0.15, -0.1) is 0 Å². The normalized spacial score (nSPS) is 18.9. The van der Waals surface area contributed by atoms with Crippen LogP contribution in [0.15, 0.2) is 47.4 Å². The fourth-order valence-electron chi connectivity index (χ4n) is 4.76. The van der Waals surface area contributed by atoms with Gasteiger partial charge in [0.2, 0.25) is 10.0 Å². The molecule has 2 fully saturated rings. The number of sulfonamides is 1. The summed E-state index contributed by atoms with van der Waals surface area (Å²) < 4.78 is 47.4. The van der Waals surface area contributed by atoms with Crippen molar-refractivity contribution < 1.29 is 22.3 Å². The van der Waals surface area contributed by atoms with Crippen molar-refractivity contribution in [3.63, 3.8) is 0 Å². The molecule has 2 aliphatic heterocycles. The zero-order valence-corrected chi connectivity index (χ0v) is 22.9. The average molecular weight is 562 g/mol. The van der Waals surface area contributed by atoms with Crippen molar-refractivity contribution in [1.29, 1.82) is 0 Å². The zero-order chi connectivity index (χ0) is 26.7. The number of carbonyl (C=O) groups excluding carboxylic acids is 1. The first kappa shape index (κ1) is 26.9. The van der Waals surface area contributed by atoms with E-state index in [2.05, 4.69) is 20.1 Å². The molecule has 2 aromatic carbocycles. The van der Waals surface area contributed by atoms with Crippen LogP contribution in [0.5, 0.6) is 0 Å². The fourth-order valence-corrected chi connectivity index (χ4v) is 7.00. The van der Waals surface area contributed by atoms with Gasteiger partial charge in [0.1, 0.15) is 11.3 Å². The summed E-state index contributed by atoms with van der Waals surface area (Å²) in [6.07, 6.45) is 1.74. The van der Waals surface area contributed by atoms with Crippen LogP contribution in [-0.4, -0.2) is 94.1 Å². The molecule has 0 saturated carbocycles. The van der Waals surface area contributed by atoms with Crippen molar-refractivity contribution in [2.45, 2.75) is 23.8 Å². The minimum Gasteiger partial charge on any atom is -0.377 e. The lowest BCUT2D eigenvalue weighted by Gasteiger charge is -2.34. The Morgan fingerprint density at radius 1 is 1.18 bits per heavy atom. The number of amides is 1. The predicted molar refractivity (Wildman–Crippen MR) is 146 cm³/mol. The lowest BCUT2D eigenvalue weighted by molar-refractivity contribution is 0.0947. The highest BCUT2D eigenvalue weighted by Crippen LogP contribution is 2.30. The van der Waals surface area contributed by atoms with Crippen LogP contribution in [-0.2, 0) is 14.8 Å². The van der Waals surface area contributed by atoms with Gasteiger partial charge < -0.3 is 15.0 Å². The molecule has 1 amide bonds. The summed E-state index contributed by atoms with van der Waals surface area (Å²) in [4.78, 5) is 21.7. The van der Waals surface area contributed by atoms with Crippen molar-refractivity contribution in [1.82, 2.24) is 19.5 Å². The van der Waals surface area contributed by atoms with Crippen LogP contribution in [0.1, 0.15) is 23.2 Å². The topological polar surface area (TPSA) is 95.1 Å². The van der Waals surface area contributed by atoms with E-state index >= 15 is 0 Å². The number of hydrogen-bond acceptors (Lipinski definition) is 8. The van der Waals surface area contributed by atoms with Crippen molar-refractivity contribution >= 4 is 42.6 Å². The van der Waals surface area contributed by atoms with E-state index in [1.165, 1.54) is 33.8 Å². The third-order valence-corrected chi connectivity index (χ3v) is 9.94. The van der Waals surface area contributed by atoms with Gasteiger partial charge in [0, 0.05) is 65.0 Å². The van der Waals surface area contributed by atoms with Gasteiger partial charge in [0.05, 0.1) is 15.7 Å². The Bertz CT molecular complexity index is 1370. The zero-order valence-electron chi connectivity index (χ0n) is 21.3. The molecule has 12 heteroatoms. The molecule has 1 unspecified atom stereocenters. The molecular formula is C26H32FN5O4S2. The molecule has 204 valence electrons. The molecule has 5 rings (SSSR count). The van der Waals surface area contributed by atoms with Crippen LogP contribution in [0, 0.1) is 5.82 Å². The standard InChI is InChI=1S/C26H32FN5O4S2/c1-30(18-20-4-3-17-36-20)38(34,35)21-9-7-19(8-10-21)25(33)28-11-12-31-13-15-32(16-14-31)26-29-24-22(27)5-2-6-23(24)37-26/h2,5-10,20H,3-4,11-18H2,1H3,(H,28,33). The number of fused-ring (bicyclic) bond motifs is 1. The number of benzene rings is 2. The highest BCUT2D eigenvalue weighted by atomic mass is 32.2.